The maximum absolute atomic E-state index is 12.0. The van der Waals surface area contributed by atoms with Crippen molar-refractivity contribution in [3.8, 4) is 5.75 Å². The van der Waals surface area contributed by atoms with Crippen LogP contribution in [-0.4, -0.2) is 26.0 Å². The highest BCUT2D eigenvalue weighted by Gasteiger charge is 2.20. The molecule has 0 aliphatic carbocycles. The van der Waals surface area contributed by atoms with Gasteiger partial charge in [0.2, 0.25) is 0 Å². The van der Waals surface area contributed by atoms with Gasteiger partial charge in [0.25, 0.3) is 0 Å². The van der Waals surface area contributed by atoms with Gasteiger partial charge in [-0.3, -0.25) is 4.79 Å². The summed E-state index contributed by atoms with van der Waals surface area (Å²) in [4.78, 5) is 12.0. The fourth-order valence-electron chi connectivity index (χ4n) is 1.32. The van der Waals surface area contributed by atoms with E-state index in [1.807, 2.05) is 0 Å². The summed E-state index contributed by atoms with van der Waals surface area (Å²) in [7, 11) is 3.18. The van der Waals surface area contributed by atoms with Gasteiger partial charge in [-0.2, -0.15) is 0 Å². The zero-order chi connectivity index (χ0) is 12.3. The van der Waals surface area contributed by atoms with Crippen molar-refractivity contribution >= 4 is 29.0 Å². The Labute approximate surface area is 105 Å². The smallest absolute Gasteiger partial charge is 0.183 e. The van der Waals surface area contributed by atoms with E-state index < -0.39 is 0 Å². The largest absolute Gasteiger partial charge is 0.494 e. The van der Waals surface area contributed by atoms with Crippen LogP contribution in [0.2, 0.25) is 10.0 Å². The summed E-state index contributed by atoms with van der Waals surface area (Å²) < 4.78 is 5.11. The average molecular weight is 262 g/mol. The second-order valence-corrected chi connectivity index (χ2v) is 4.19. The van der Waals surface area contributed by atoms with Gasteiger partial charge in [0, 0.05) is 5.02 Å². The number of likely N-dealkylation sites (N-methyl/N-ethyl adjacent to an activating group) is 1. The third-order valence-electron chi connectivity index (χ3n) is 2.30. The summed E-state index contributed by atoms with van der Waals surface area (Å²) in [5.41, 5.74) is 0.391. The topological polar surface area (TPSA) is 38.3 Å². The second-order valence-electron chi connectivity index (χ2n) is 3.34. The van der Waals surface area contributed by atoms with Gasteiger partial charge in [-0.15, -0.1) is 0 Å². The summed E-state index contributed by atoms with van der Waals surface area (Å²) in [5.74, 6) is 0.252. The number of benzene rings is 1. The van der Waals surface area contributed by atoms with Gasteiger partial charge in [0.05, 0.1) is 23.7 Å². The molecule has 1 aromatic rings. The van der Waals surface area contributed by atoms with E-state index in [9.17, 15) is 4.79 Å². The molecule has 0 radical (unpaired) electrons. The van der Waals surface area contributed by atoms with E-state index in [1.54, 1.807) is 26.1 Å². The summed E-state index contributed by atoms with van der Waals surface area (Å²) in [6, 6.07) is 2.79. The van der Waals surface area contributed by atoms with E-state index in [0.29, 0.717) is 21.4 Å². The first-order chi connectivity index (χ1) is 7.51. The van der Waals surface area contributed by atoms with Crippen LogP contribution in [-0.2, 0) is 0 Å². The Bertz CT molecular complexity index is 407. The molecular formula is C11H13Cl2NO2. The first-order valence-electron chi connectivity index (χ1n) is 4.75. The lowest BCUT2D eigenvalue weighted by molar-refractivity contribution is 0.0952. The van der Waals surface area contributed by atoms with Crippen molar-refractivity contribution in [1.29, 1.82) is 0 Å². The van der Waals surface area contributed by atoms with Crippen molar-refractivity contribution in [2.75, 3.05) is 14.2 Å². The van der Waals surface area contributed by atoms with E-state index in [2.05, 4.69) is 5.32 Å². The molecule has 0 saturated heterocycles. The molecule has 1 rings (SSSR count). The number of nitrogens with one attached hydrogen (secondary N) is 1. The van der Waals surface area contributed by atoms with E-state index >= 15 is 0 Å². The number of rotatable bonds is 4. The first-order valence-corrected chi connectivity index (χ1v) is 5.51. The van der Waals surface area contributed by atoms with Crippen LogP contribution in [0.25, 0.3) is 0 Å². The van der Waals surface area contributed by atoms with Crippen LogP contribution >= 0.6 is 23.2 Å². The molecule has 0 saturated carbocycles. The van der Waals surface area contributed by atoms with Gasteiger partial charge in [0.1, 0.15) is 5.75 Å². The molecule has 16 heavy (non-hydrogen) atoms. The fraction of sp³-hybridized carbons (Fsp3) is 0.364. The van der Waals surface area contributed by atoms with Crippen molar-refractivity contribution < 1.29 is 9.53 Å². The molecule has 0 aliphatic heterocycles. The van der Waals surface area contributed by atoms with Crippen LogP contribution < -0.4 is 10.1 Å². The fourth-order valence-corrected chi connectivity index (χ4v) is 1.89. The molecule has 5 heteroatoms. The molecule has 0 fully saturated rings. The summed E-state index contributed by atoms with van der Waals surface area (Å²) in [6.45, 7) is 1.76. The van der Waals surface area contributed by atoms with E-state index in [4.69, 9.17) is 27.9 Å². The molecular weight excluding hydrogens is 249 g/mol. The van der Waals surface area contributed by atoms with Gasteiger partial charge in [-0.25, -0.2) is 0 Å². The Morgan fingerprint density at radius 3 is 2.56 bits per heavy atom. The number of hydrogen-bond acceptors (Lipinski definition) is 3. The molecule has 0 heterocycles. The van der Waals surface area contributed by atoms with Crippen LogP contribution in [0.15, 0.2) is 12.1 Å². The van der Waals surface area contributed by atoms with Gasteiger partial charge in [-0.05, 0) is 26.1 Å². The molecule has 0 aliphatic rings. The minimum absolute atomic E-state index is 0.108. The molecule has 0 aromatic heterocycles. The highest BCUT2D eigenvalue weighted by Crippen LogP contribution is 2.32. The molecule has 1 aromatic carbocycles. The zero-order valence-corrected chi connectivity index (χ0v) is 10.8. The average Bonchev–Trinajstić information content (AvgIpc) is 2.26. The number of carbonyl (C=O) groups excluding carboxylic acids is 1. The minimum Gasteiger partial charge on any atom is -0.494 e. The van der Waals surface area contributed by atoms with E-state index in [0.717, 1.165) is 0 Å². The molecule has 88 valence electrons. The standard InChI is InChI=1S/C11H13Cl2NO2/c1-6(14-2)10(15)8-4-7(12)5-9(13)11(8)16-3/h4-6,14H,1-3H3. The number of methoxy groups -OCH3 is 1. The number of ether oxygens (including phenoxy) is 1. The number of ketones is 1. The van der Waals surface area contributed by atoms with E-state index in [1.165, 1.54) is 7.11 Å². The van der Waals surface area contributed by atoms with Crippen LogP contribution in [0.5, 0.6) is 5.75 Å². The molecule has 1 atom stereocenters. The summed E-state index contributed by atoms with van der Waals surface area (Å²) in [6.07, 6.45) is 0. The third-order valence-corrected chi connectivity index (χ3v) is 2.80. The summed E-state index contributed by atoms with van der Waals surface area (Å²) in [5, 5.41) is 3.61. The Morgan fingerprint density at radius 2 is 2.06 bits per heavy atom. The minimum atomic E-state index is -0.316. The second kappa shape index (κ2) is 5.53. The number of halogens is 2. The van der Waals surface area contributed by atoms with Crippen molar-refractivity contribution in [3.63, 3.8) is 0 Å². The maximum Gasteiger partial charge on any atom is 0.183 e. The van der Waals surface area contributed by atoms with Gasteiger partial charge >= 0.3 is 0 Å². The Kier molecular flexibility index (Phi) is 4.59. The number of Topliss-reactive ketones (excluding diaryl/α,β-unsaturated/α-hetero) is 1. The Hall–Kier alpha value is -0.770. The molecule has 1 N–H and O–H groups in total. The van der Waals surface area contributed by atoms with E-state index in [-0.39, 0.29) is 11.8 Å². The van der Waals surface area contributed by atoms with Crippen molar-refractivity contribution in [2.24, 2.45) is 0 Å². The first kappa shape index (κ1) is 13.3. The van der Waals surface area contributed by atoms with Crippen LogP contribution in [0.1, 0.15) is 17.3 Å². The normalized spacial score (nSPS) is 12.3. The highest BCUT2D eigenvalue weighted by atomic mass is 35.5. The maximum atomic E-state index is 12.0. The predicted molar refractivity (Wildman–Crippen MR) is 65.9 cm³/mol. The molecule has 0 spiro atoms. The number of hydrogen-bond donors (Lipinski definition) is 1. The molecule has 0 bridgehead atoms. The summed E-state index contributed by atoms with van der Waals surface area (Å²) >= 11 is 11.8. The molecule has 0 amide bonds. The Balaban J connectivity index is 3.26. The van der Waals surface area contributed by atoms with Crippen LogP contribution in [0.4, 0.5) is 0 Å². The number of carbonyl (C=O) groups is 1. The lowest BCUT2D eigenvalue weighted by Crippen LogP contribution is -2.31. The van der Waals surface area contributed by atoms with Crippen molar-refractivity contribution in [3.05, 3.63) is 27.7 Å². The zero-order valence-electron chi connectivity index (χ0n) is 9.30. The monoisotopic (exact) mass is 261 g/mol. The highest BCUT2D eigenvalue weighted by molar-refractivity contribution is 6.36. The lowest BCUT2D eigenvalue weighted by Gasteiger charge is -2.13. The van der Waals surface area contributed by atoms with Crippen molar-refractivity contribution in [2.45, 2.75) is 13.0 Å². The SMILES string of the molecule is CNC(C)C(=O)c1cc(Cl)cc(Cl)c1OC. The quantitative estimate of drug-likeness (QED) is 0.848. The molecule has 3 nitrogen and oxygen atoms in total. The van der Waals surface area contributed by atoms with Crippen LogP contribution in [0.3, 0.4) is 0 Å². The lowest BCUT2D eigenvalue weighted by atomic mass is 10.0. The van der Waals surface area contributed by atoms with Gasteiger partial charge in [-0.1, -0.05) is 23.2 Å². The van der Waals surface area contributed by atoms with Gasteiger partial charge in [0.15, 0.2) is 5.78 Å². The van der Waals surface area contributed by atoms with Crippen molar-refractivity contribution in [1.82, 2.24) is 5.32 Å². The van der Waals surface area contributed by atoms with Crippen LogP contribution in [0, 0.1) is 0 Å². The Morgan fingerprint density at radius 1 is 1.44 bits per heavy atom. The predicted octanol–water partition coefficient (Wildman–Crippen LogP) is 2.79. The third kappa shape index (κ3) is 2.67. The molecule has 1 unspecified atom stereocenters. The van der Waals surface area contributed by atoms with Gasteiger partial charge < -0.3 is 10.1 Å².